The largest absolute Gasteiger partial charge is 0.466 e. The van der Waals surface area contributed by atoms with Gasteiger partial charge >= 0.3 is 5.97 Å². The second kappa shape index (κ2) is 9.36. The molecule has 1 amide bonds. The summed E-state index contributed by atoms with van der Waals surface area (Å²) in [4.78, 5) is 33.2. The number of nitrogens with one attached hydrogen (secondary N) is 1. The van der Waals surface area contributed by atoms with Gasteiger partial charge in [-0.05, 0) is 19.1 Å². The van der Waals surface area contributed by atoms with Crippen LogP contribution in [0.25, 0.3) is 22.8 Å². The highest BCUT2D eigenvalue weighted by Gasteiger charge is 2.18. The fourth-order valence-electron chi connectivity index (χ4n) is 2.97. The molecule has 2 heterocycles. The van der Waals surface area contributed by atoms with Crippen LogP contribution < -0.4 is 5.32 Å². The molecule has 0 aliphatic rings. The van der Waals surface area contributed by atoms with Crippen molar-refractivity contribution in [3.8, 4) is 22.8 Å². The van der Waals surface area contributed by atoms with E-state index in [1.165, 1.54) is 11.3 Å². The predicted molar refractivity (Wildman–Crippen MR) is 118 cm³/mol. The van der Waals surface area contributed by atoms with Gasteiger partial charge < -0.3 is 9.15 Å². The van der Waals surface area contributed by atoms with Gasteiger partial charge in [0, 0.05) is 16.5 Å². The van der Waals surface area contributed by atoms with E-state index in [0.29, 0.717) is 40.2 Å². The number of anilines is 1. The van der Waals surface area contributed by atoms with Gasteiger partial charge in [-0.1, -0.05) is 42.5 Å². The second-order valence-corrected chi connectivity index (χ2v) is 7.38. The smallest absolute Gasteiger partial charge is 0.311 e. The number of carbonyl (C=O) groups excluding carboxylic acids is 2. The molecule has 0 aliphatic carbocycles. The van der Waals surface area contributed by atoms with Crippen LogP contribution >= 0.6 is 11.3 Å². The Balaban J connectivity index is 1.53. The zero-order valence-electron chi connectivity index (χ0n) is 16.7. The molecular weight excluding hydrogens is 414 g/mol. The van der Waals surface area contributed by atoms with Crippen molar-refractivity contribution in [2.24, 2.45) is 0 Å². The number of esters is 1. The quantitative estimate of drug-likeness (QED) is 0.420. The van der Waals surface area contributed by atoms with Gasteiger partial charge in [0.2, 0.25) is 5.89 Å². The second-order valence-electron chi connectivity index (χ2n) is 6.52. The highest BCUT2D eigenvalue weighted by atomic mass is 32.1. The van der Waals surface area contributed by atoms with E-state index in [1.54, 1.807) is 36.7 Å². The zero-order valence-corrected chi connectivity index (χ0v) is 17.5. The maximum Gasteiger partial charge on any atom is 0.311 e. The van der Waals surface area contributed by atoms with Crippen molar-refractivity contribution in [1.29, 1.82) is 0 Å². The summed E-state index contributed by atoms with van der Waals surface area (Å²) in [6.45, 7) is 2.06. The SMILES string of the molecule is CCOC(=O)Cc1csc(NC(=O)c2ccccc2-c2ncc(-c3ccccc3)o2)n1. The molecule has 7 nitrogen and oxygen atoms in total. The van der Waals surface area contributed by atoms with E-state index >= 15 is 0 Å². The lowest BCUT2D eigenvalue weighted by Gasteiger charge is -2.06. The van der Waals surface area contributed by atoms with Crippen LogP contribution in [0.15, 0.2) is 70.6 Å². The van der Waals surface area contributed by atoms with Crippen molar-refractivity contribution in [3.05, 3.63) is 77.4 Å². The van der Waals surface area contributed by atoms with Crippen LogP contribution in [0.5, 0.6) is 0 Å². The zero-order chi connectivity index (χ0) is 21.6. The molecule has 2 aromatic carbocycles. The summed E-state index contributed by atoms with van der Waals surface area (Å²) in [7, 11) is 0. The van der Waals surface area contributed by atoms with E-state index < -0.39 is 0 Å². The number of ether oxygens (including phenoxy) is 1. The number of oxazole rings is 1. The minimum Gasteiger partial charge on any atom is -0.466 e. The third kappa shape index (κ3) is 4.87. The van der Waals surface area contributed by atoms with Gasteiger partial charge in [-0.2, -0.15) is 0 Å². The first-order chi connectivity index (χ1) is 15.1. The van der Waals surface area contributed by atoms with Gasteiger partial charge in [0.05, 0.1) is 30.5 Å². The minimum absolute atomic E-state index is 0.0649. The minimum atomic E-state index is -0.353. The van der Waals surface area contributed by atoms with Crippen molar-refractivity contribution in [2.75, 3.05) is 11.9 Å². The summed E-state index contributed by atoms with van der Waals surface area (Å²) >= 11 is 1.25. The Labute approximate surface area is 182 Å². The normalized spacial score (nSPS) is 10.6. The van der Waals surface area contributed by atoms with Crippen molar-refractivity contribution in [3.63, 3.8) is 0 Å². The predicted octanol–water partition coefficient (Wildman–Crippen LogP) is 4.82. The fourth-order valence-corrected chi connectivity index (χ4v) is 3.68. The van der Waals surface area contributed by atoms with Crippen molar-refractivity contribution in [2.45, 2.75) is 13.3 Å². The lowest BCUT2D eigenvalue weighted by Crippen LogP contribution is -2.13. The lowest BCUT2D eigenvalue weighted by atomic mass is 10.1. The van der Waals surface area contributed by atoms with Crippen molar-refractivity contribution >= 4 is 28.3 Å². The summed E-state index contributed by atoms with van der Waals surface area (Å²) < 4.78 is 10.8. The number of nitrogens with zero attached hydrogens (tertiary/aromatic N) is 2. The molecular formula is C23H19N3O4S. The summed E-state index contributed by atoms with van der Waals surface area (Å²) in [6, 6.07) is 16.7. The molecule has 0 atom stereocenters. The molecule has 4 rings (SSSR count). The molecule has 0 bridgehead atoms. The Morgan fingerprint density at radius 1 is 1.10 bits per heavy atom. The molecule has 2 aromatic heterocycles. The molecule has 0 aliphatic heterocycles. The molecule has 0 saturated carbocycles. The summed E-state index contributed by atoms with van der Waals surface area (Å²) in [5.41, 5.74) is 2.43. The van der Waals surface area contributed by atoms with Crippen LogP contribution in [0.3, 0.4) is 0 Å². The van der Waals surface area contributed by atoms with Crippen LogP contribution in [0.1, 0.15) is 23.0 Å². The standard InChI is InChI=1S/C23H19N3O4S/c1-2-29-20(27)12-16-14-31-23(25-16)26-21(28)17-10-6-7-11-18(17)22-24-13-19(30-22)15-8-4-3-5-9-15/h3-11,13-14H,2,12H2,1H3,(H,25,26,28). The average Bonchev–Trinajstić information content (AvgIpc) is 3.44. The van der Waals surface area contributed by atoms with Gasteiger partial charge in [0.1, 0.15) is 0 Å². The molecule has 4 aromatic rings. The van der Waals surface area contributed by atoms with Crippen molar-refractivity contribution in [1.82, 2.24) is 9.97 Å². The number of hydrogen-bond donors (Lipinski definition) is 1. The Bertz CT molecular complexity index is 1200. The average molecular weight is 433 g/mol. The number of thiazole rings is 1. The van der Waals surface area contributed by atoms with Crippen LogP contribution in [0, 0.1) is 0 Å². The molecule has 0 radical (unpaired) electrons. The molecule has 0 spiro atoms. The van der Waals surface area contributed by atoms with Gasteiger partial charge in [-0.15, -0.1) is 11.3 Å². The Morgan fingerprint density at radius 2 is 1.87 bits per heavy atom. The first-order valence-corrected chi connectivity index (χ1v) is 10.5. The summed E-state index contributed by atoms with van der Waals surface area (Å²) in [5.74, 6) is 0.280. The molecule has 0 unspecified atom stereocenters. The Hall–Kier alpha value is -3.78. The third-order valence-electron chi connectivity index (χ3n) is 4.37. The van der Waals surface area contributed by atoms with Crippen LogP contribution in [0.2, 0.25) is 0 Å². The van der Waals surface area contributed by atoms with E-state index in [-0.39, 0.29) is 18.3 Å². The molecule has 0 saturated heterocycles. The fraction of sp³-hybridized carbons (Fsp3) is 0.130. The maximum absolute atomic E-state index is 12.9. The van der Waals surface area contributed by atoms with Crippen molar-refractivity contribution < 1.29 is 18.7 Å². The van der Waals surface area contributed by atoms with Gasteiger partial charge in [-0.25, -0.2) is 9.97 Å². The number of amides is 1. The molecule has 0 fully saturated rings. The van der Waals surface area contributed by atoms with Crippen LogP contribution in [-0.2, 0) is 16.0 Å². The van der Waals surface area contributed by atoms with E-state index in [2.05, 4.69) is 15.3 Å². The summed E-state index contributed by atoms with van der Waals surface area (Å²) in [5, 5.41) is 4.90. The number of hydrogen-bond acceptors (Lipinski definition) is 7. The van der Waals surface area contributed by atoms with Gasteiger partial charge in [0.25, 0.3) is 5.91 Å². The van der Waals surface area contributed by atoms with Gasteiger partial charge in [-0.3, -0.25) is 14.9 Å². The highest BCUT2D eigenvalue weighted by Crippen LogP contribution is 2.29. The molecule has 8 heteroatoms. The number of benzene rings is 2. The van der Waals surface area contributed by atoms with E-state index in [0.717, 1.165) is 5.56 Å². The topological polar surface area (TPSA) is 94.3 Å². The molecule has 156 valence electrons. The molecule has 1 N–H and O–H groups in total. The van der Waals surface area contributed by atoms with E-state index in [4.69, 9.17) is 9.15 Å². The van der Waals surface area contributed by atoms with Gasteiger partial charge in [0.15, 0.2) is 10.9 Å². The van der Waals surface area contributed by atoms with Crippen LogP contribution in [-0.4, -0.2) is 28.5 Å². The Morgan fingerprint density at radius 3 is 2.68 bits per heavy atom. The van der Waals surface area contributed by atoms with E-state index in [1.807, 2.05) is 36.4 Å². The monoisotopic (exact) mass is 433 g/mol. The first kappa shape index (κ1) is 20.5. The number of aromatic nitrogens is 2. The number of carbonyl (C=O) groups is 2. The highest BCUT2D eigenvalue weighted by molar-refractivity contribution is 7.14. The van der Waals surface area contributed by atoms with E-state index in [9.17, 15) is 9.59 Å². The molecule has 31 heavy (non-hydrogen) atoms. The lowest BCUT2D eigenvalue weighted by molar-refractivity contribution is -0.142. The maximum atomic E-state index is 12.9. The third-order valence-corrected chi connectivity index (χ3v) is 5.18. The first-order valence-electron chi connectivity index (χ1n) is 9.66. The van der Waals surface area contributed by atoms with Crippen LogP contribution in [0.4, 0.5) is 5.13 Å². The Kier molecular flexibility index (Phi) is 6.18. The number of rotatable bonds is 7. The summed E-state index contributed by atoms with van der Waals surface area (Å²) in [6.07, 6.45) is 1.71.